The number of hydrogen-bond donors (Lipinski definition) is 2. The van der Waals surface area contributed by atoms with Crippen LogP contribution in [0.15, 0.2) is 16.6 Å². The standard InChI is InChI=1S/C11H10BrN3O5/c12-7-1-5(11(17)18)2-8(15(19)20)10(7)14-4-6(13)3-9(14)16/h1-2,6H,3-4,13H2,(H,17,18). The summed E-state index contributed by atoms with van der Waals surface area (Å²) in [5.41, 5.74) is 5.03. The molecule has 2 rings (SSSR count). The molecule has 20 heavy (non-hydrogen) atoms. The summed E-state index contributed by atoms with van der Waals surface area (Å²) in [6, 6.07) is 1.76. The van der Waals surface area contributed by atoms with Crippen LogP contribution in [0.25, 0.3) is 0 Å². The van der Waals surface area contributed by atoms with Crippen LogP contribution in [-0.2, 0) is 4.79 Å². The highest BCUT2D eigenvalue weighted by Crippen LogP contribution is 2.39. The van der Waals surface area contributed by atoms with Gasteiger partial charge in [-0.1, -0.05) is 0 Å². The molecule has 1 heterocycles. The summed E-state index contributed by atoms with van der Waals surface area (Å²) >= 11 is 3.09. The van der Waals surface area contributed by atoms with E-state index in [1.807, 2.05) is 0 Å². The summed E-state index contributed by atoms with van der Waals surface area (Å²) in [5, 5.41) is 20.0. The fourth-order valence-electron chi connectivity index (χ4n) is 2.07. The smallest absolute Gasteiger partial charge is 0.335 e. The van der Waals surface area contributed by atoms with Crippen LogP contribution in [0, 0.1) is 10.1 Å². The van der Waals surface area contributed by atoms with Crippen LogP contribution in [0.4, 0.5) is 11.4 Å². The van der Waals surface area contributed by atoms with E-state index in [9.17, 15) is 19.7 Å². The molecule has 1 saturated heterocycles. The van der Waals surface area contributed by atoms with Gasteiger partial charge in [0.05, 0.1) is 10.5 Å². The summed E-state index contributed by atoms with van der Waals surface area (Å²) < 4.78 is 0.173. The minimum Gasteiger partial charge on any atom is -0.478 e. The van der Waals surface area contributed by atoms with Crippen molar-refractivity contribution >= 4 is 39.2 Å². The highest BCUT2D eigenvalue weighted by atomic mass is 79.9. The number of amides is 1. The minimum absolute atomic E-state index is 0.0398. The van der Waals surface area contributed by atoms with Gasteiger partial charge in [-0.15, -0.1) is 0 Å². The monoisotopic (exact) mass is 343 g/mol. The molecule has 0 radical (unpaired) electrons. The normalized spacial score (nSPS) is 18.4. The molecule has 1 aromatic rings. The Balaban J connectivity index is 2.60. The van der Waals surface area contributed by atoms with Crippen molar-refractivity contribution in [2.75, 3.05) is 11.4 Å². The number of benzene rings is 1. The molecule has 9 heteroatoms. The van der Waals surface area contributed by atoms with Crippen molar-refractivity contribution < 1.29 is 19.6 Å². The Hall–Kier alpha value is -2.00. The zero-order valence-electron chi connectivity index (χ0n) is 10.1. The number of halogens is 1. The number of aromatic carboxylic acids is 1. The average Bonchev–Trinajstić information content (AvgIpc) is 2.66. The van der Waals surface area contributed by atoms with Crippen molar-refractivity contribution in [3.8, 4) is 0 Å². The summed E-state index contributed by atoms with van der Waals surface area (Å²) in [7, 11) is 0. The lowest BCUT2D eigenvalue weighted by Crippen LogP contribution is -2.29. The molecule has 1 fully saturated rings. The maximum Gasteiger partial charge on any atom is 0.335 e. The molecule has 8 nitrogen and oxygen atoms in total. The zero-order chi connectivity index (χ0) is 15.0. The van der Waals surface area contributed by atoms with Gasteiger partial charge in [-0.2, -0.15) is 0 Å². The van der Waals surface area contributed by atoms with Crippen LogP contribution in [0.3, 0.4) is 0 Å². The number of nitrogens with zero attached hydrogens (tertiary/aromatic N) is 2. The summed E-state index contributed by atoms with van der Waals surface area (Å²) in [6.07, 6.45) is 0.101. The highest BCUT2D eigenvalue weighted by Gasteiger charge is 2.34. The van der Waals surface area contributed by atoms with Crippen molar-refractivity contribution in [3.05, 3.63) is 32.3 Å². The molecule has 1 unspecified atom stereocenters. The first-order valence-electron chi connectivity index (χ1n) is 5.58. The third-order valence-corrected chi connectivity index (χ3v) is 3.52. The van der Waals surface area contributed by atoms with E-state index >= 15 is 0 Å². The van der Waals surface area contributed by atoms with Gasteiger partial charge in [0, 0.05) is 29.5 Å². The molecule has 1 aliphatic heterocycles. The topological polar surface area (TPSA) is 127 Å². The van der Waals surface area contributed by atoms with Gasteiger partial charge in [-0.05, 0) is 22.0 Å². The van der Waals surface area contributed by atoms with Crippen molar-refractivity contribution in [2.45, 2.75) is 12.5 Å². The summed E-state index contributed by atoms with van der Waals surface area (Å²) in [5.74, 6) is -1.62. The summed E-state index contributed by atoms with van der Waals surface area (Å²) in [6.45, 7) is 0.157. The minimum atomic E-state index is -1.29. The van der Waals surface area contributed by atoms with Gasteiger partial charge in [0.15, 0.2) is 0 Å². The number of carboxylic acids is 1. The number of hydrogen-bond acceptors (Lipinski definition) is 5. The van der Waals surface area contributed by atoms with Crippen LogP contribution in [0.1, 0.15) is 16.8 Å². The lowest BCUT2D eigenvalue weighted by Gasteiger charge is -2.18. The number of nitrogens with two attached hydrogens (primary N) is 1. The number of nitro groups is 1. The Kier molecular flexibility index (Phi) is 3.73. The molecule has 0 aromatic heterocycles. The van der Waals surface area contributed by atoms with E-state index in [0.717, 1.165) is 6.07 Å². The molecule has 1 aromatic carbocycles. The van der Waals surface area contributed by atoms with Gasteiger partial charge in [-0.25, -0.2) is 4.79 Å². The average molecular weight is 344 g/mol. The Morgan fingerprint density at radius 1 is 1.55 bits per heavy atom. The van der Waals surface area contributed by atoms with Crippen molar-refractivity contribution in [1.82, 2.24) is 0 Å². The van der Waals surface area contributed by atoms with E-state index in [1.165, 1.54) is 11.0 Å². The number of carbonyl (C=O) groups is 2. The molecule has 106 valence electrons. The van der Waals surface area contributed by atoms with E-state index in [2.05, 4.69) is 15.9 Å². The van der Waals surface area contributed by atoms with Crippen molar-refractivity contribution in [3.63, 3.8) is 0 Å². The number of carboxylic acid groups (broad SMARTS) is 1. The number of anilines is 1. The van der Waals surface area contributed by atoms with Gasteiger partial charge in [0.2, 0.25) is 5.91 Å². The Labute approximate surface area is 121 Å². The predicted molar refractivity (Wildman–Crippen MR) is 72.7 cm³/mol. The van der Waals surface area contributed by atoms with E-state index in [1.54, 1.807) is 0 Å². The number of carbonyl (C=O) groups excluding carboxylic acids is 1. The van der Waals surface area contributed by atoms with Crippen LogP contribution in [-0.4, -0.2) is 34.5 Å². The largest absolute Gasteiger partial charge is 0.478 e. The molecular weight excluding hydrogens is 334 g/mol. The van der Waals surface area contributed by atoms with E-state index in [0.29, 0.717) is 0 Å². The van der Waals surface area contributed by atoms with E-state index in [-0.39, 0.29) is 34.6 Å². The first kappa shape index (κ1) is 14.4. The van der Waals surface area contributed by atoms with Gasteiger partial charge in [0.25, 0.3) is 5.69 Å². The van der Waals surface area contributed by atoms with Gasteiger partial charge in [0.1, 0.15) is 5.69 Å². The first-order valence-corrected chi connectivity index (χ1v) is 6.37. The van der Waals surface area contributed by atoms with Gasteiger partial charge in [-0.3, -0.25) is 14.9 Å². The molecular formula is C11H10BrN3O5. The Morgan fingerprint density at radius 3 is 2.65 bits per heavy atom. The lowest BCUT2D eigenvalue weighted by molar-refractivity contribution is -0.384. The summed E-state index contributed by atoms with van der Waals surface area (Å²) in [4.78, 5) is 34.4. The SMILES string of the molecule is NC1CC(=O)N(c2c(Br)cc(C(=O)O)cc2[N+](=O)[O-])C1. The van der Waals surface area contributed by atoms with Crippen LogP contribution >= 0.6 is 15.9 Å². The van der Waals surface area contributed by atoms with Gasteiger partial charge >= 0.3 is 5.97 Å². The molecule has 1 atom stereocenters. The maximum absolute atomic E-state index is 11.8. The van der Waals surface area contributed by atoms with Crippen molar-refractivity contribution in [2.24, 2.45) is 5.73 Å². The second-order valence-corrected chi connectivity index (χ2v) is 5.21. The number of rotatable bonds is 3. The van der Waals surface area contributed by atoms with E-state index in [4.69, 9.17) is 10.8 Å². The van der Waals surface area contributed by atoms with Crippen LogP contribution < -0.4 is 10.6 Å². The molecule has 1 amide bonds. The fourth-order valence-corrected chi connectivity index (χ4v) is 2.73. The first-order chi connectivity index (χ1) is 9.31. The van der Waals surface area contributed by atoms with E-state index < -0.39 is 22.6 Å². The van der Waals surface area contributed by atoms with Crippen LogP contribution in [0.5, 0.6) is 0 Å². The maximum atomic E-state index is 11.8. The van der Waals surface area contributed by atoms with Gasteiger partial charge < -0.3 is 15.7 Å². The zero-order valence-corrected chi connectivity index (χ0v) is 11.7. The third-order valence-electron chi connectivity index (χ3n) is 2.91. The molecule has 0 bridgehead atoms. The number of nitro benzene ring substituents is 1. The second-order valence-electron chi connectivity index (χ2n) is 4.36. The molecule has 0 saturated carbocycles. The third kappa shape index (κ3) is 2.49. The van der Waals surface area contributed by atoms with Crippen molar-refractivity contribution in [1.29, 1.82) is 0 Å². The molecule has 0 aliphatic carbocycles. The molecule has 3 N–H and O–H groups in total. The van der Waals surface area contributed by atoms with Crippen LogP contribution in [0.2, 0.25) is 0 Å². The Bertz CT molecular complexity index is 618. The quantitative estimate of drug-likeness (QED) is 0.625. The lowest BCUT2D eigenvalue weighted by atomic mass is 10.1. The fraction of sp³-hybridized carbons (Fsp3) is 0.273. The predicted octanol–water partition coefficient (Wildman–Crippen LogP) is 1.12. The second kappa shape index (κ2) is 5.17. The molecule has 1 aliphatic rings. The Morgan fingerprint density at radius 2 is 2.20 bits per heavy atom. The molecule has 0 spiro atoms. The highest BCUT2D eigenvalue weighted by molar-refractivity contribution is 9.10.